The van der Waals surface area contributed by atoms with E-state index in [9.17, 15) is 9.18 Å². The second-order valence-electron chi connectivity index (χ2n) is 10.1. The molecule has 1 saturated heterocycles. The lowest BCUT2D eigenvalue weighted by Gasteiger charge is -2.38. The lowest BCUT2D eigenvalue weighted by molar-refractivity contribution is -0.129. The van der Waals surface area contributed by atoms with Gasteiger partial charge in [0.1, 0.15) is 11.6 Å². The highest BCUT2D eigenvalue weighted by Gasteiger charge is 2.36. The first-order chi connectivity index (χ1) is 18.8. The Morgan fingerprint density at radius 1 is 1.08 bits per heavy atom. The van der Waals surface area contributed by atoms with Gasteiger partial charge in [-0.1, -0.05) is 13.8 Å². The van der Waals surface area contributed by atoms with Gasteiger partial charge in [-0.2, -0.15) is 4.98 Å². The lowest BCUT2D eigenvalue weighted by atomic mass is 10.0. The SMILES string of the molecule is CCN(CC)C1CCN(c2ccc(Nc3ncc(F)c(Nc4ccc5c(n4)NC(=O)C(C)(C)O5)n3)cn2)CC1. The smallest absolute Gasteiger partial charge is 0.269 e. The fourth-order valence-electron chi connectivity index (χ4n) is 4.88. The van der Waals surface area contributed by atoms with Crippen molar-refractivity contribution >= 4 is 40.8 Å². The largest absolute Gasteiger partial charge is 0.474 e. The van der Waals surface area contributed by atoms with Crippen LogP contribution in [0.3, 0.4) is 0 Å². The number of carbonyl (C=O) groups is 1. The average Bonchev–Trinajstić information content (AvgIpc) is 2.93. The first-order valence-electron chi connectivity index (χ1n) is 13.3. The van der Waals surface area contributed by atoms with Gasteiger partial charge in [0, 0.05) is 19.1 Å². The predicted octanol–water partition coefficient (Wildman–Crippen LogP) is 4.31. The van der Waals surface area contributed by atoms with E-state index in [-0.39, 0.29) is 29.3 Å². The zero-order chi connectivity index (χ0) is 27.6. The number of ether oxygens (including phenoxy) is 1. The first-order valence-corrected chi connectivity index (χ1v) is 13.3. The monoisotopic (exact) mass is 535 g/mol. The maximum atomic E-state index is 14.5. The van der Waals surface area contributed by atoms with Crippen molar-refractivity contribution in [3.8, 4) is 5.75 Å². The molecule has 0 bridgehead atoms. The van der Waals surface area contributed by atoms with Crippen LogP contribution in [0.15, 0.2) is 36.7 Å². The molecule has 0 atom stereocenters. The minimum Gasteiger partial charge on any atom is -0.474 e. The average molecular weight is 536 g/mol. The molecule has 2 aliphatic rings. The van der Waals surface area contributed by atoms with Gasteiger partial charge in [-0.05, 0) is 64.0 Å². The summed E-state index contributed by atoms with van der Waals surface area (Å²) in [6, 6.07) is 7.79. The van der Waals surface area contributed by atoms with Crippen molar-refractivity contribution in [2.45, 2.75) is 52.2 Å². The van der Waals surface area contributed by atoms with Crippen molar-refractivity contribution in [2.24, 2.45) is 0 Å². The molecule has 11 nitrogen and oxygen atoms in total. The highest BCUT2D eigenvalue weighted by atomic mass is 19.1. The molecule has 5 heterocycles. The van der Waals surface area contributed by atoms with Crippen LogP contribution < -0.4 is 25.6 Å². The molecule has 0 spiro atoms. The number of aromatic nitrogens is 4. The Morgan fingerprint density at radius 3 is 2.54 bits per heavy atom. The normalized spacial score (nSPS) is 16.9. The molecule has 3 N–H and O–H groups in total. The molecule has 5 rings (SSSR count). The van der Waals surface area contributed by atoms with E-state index in [0.29, 0.717) is 17.5 Å². The van der Waals surface area contributed by atoms with Crippen LogP contribution in [0, 0.1) is 5.82 Å². The zero-order valence-electron chi connectivity index (χ0n) is 22.7. The van der Waals surface area contributed by atoms with Gasteiger partial charge in [0.05, 0.1) is 18.1 Å². The van der Waals surface area contributed by atoms with Crippen LogP contribution in [0.1, 0.15) is 40.5 Å². The number of piperidine rings is 1. The van der Waals surface area contributed by atoms with Crippen molar-refractivity contribution in [1.29, 1.82) is 0 Å². The molecule has 0 aromatic carbocycles. The quantitative estimate of drug-likeness (QED) is 0.385. The summed E-state index contributed by atoms with van der Waals surface area (Å²) in [6.45, 7) is 11.9. The summed E-state index contributed by atoms with van der Waals surface area (Å²) in [4.78, 5) is 34.3. The number of anilines is 6. The molecule has 1 fully saturated rings. The van der Waals surface area contributed by atoms with Gasteiger partial charge in [-0.15, -0.1) is 0 Å². The zero-order valence-corrected chi connectivity index (χ0v) is 22.7. The lowest BCUT2D eigenvalue weighted by Crippen LogP contribution is -2.46. The van der Waals surface area contributed by atoms with Crippen molar-refractivity contribution in [2.75, 3.05) is 47.0 Å². The van der Waals surface area contributed by atoms with Gasteiger partial charge in [-0.3, -0.25) is 4.79 Å². The number of nitrogens with one attached hydrogen (secondary N) is 3. The topological polar surface area (TPSA) is 120 Å². The fraction of sp³-hybridized carbons (Fsp3) is 0.444. The molecule has 12 heteroatoms. The van der Waals surface area contributed by atoms with Crippen LogP contribution in [-0.2, 0) is 4.79 Å². The second-order valence-corrected chi connectivity index (χ2v) is 10.1. The van der Waals surface area contributed by atoms with Gasteiger partial charge >= 0.3 is 0 Å². The first kappa shape index (κ1) is 26.5. The van der Waals surface area contributed by atoms with Crippen LogP contribution in [-0.4, -0.2) is 68.6 Å². The molecule has 1 amide bonds. The number of halogens is 1. The predicted molar refractivity (Wildman–Crippen MR) is 149 cm³/mol. The van der Waals surface area contributed by atoms with E-state index in [2.05, 4.69) is 59.5 Å². The van der Waals surface area contributed by atoms with Gasteiger partial charge in [0.25, 0.3) is 5.91 Å². The van der Waals surface area contributed by atoms with Gasteiger partial charge < -0.3 is 30.5 Å². The third-order valence-electron chi connectivity index (χ3n) is 7.11. The van der Waals surface area contributed by atoms with E-state index in [1.54, 1.807) is 32.2 Å². The van der Waals surface area contributed by atoms with Crippen molar-refractivity contribution in [3.63, 3.8) is 0 Å². The van der Waals surface area contributed by atoms with Crippen molar-refractivity contribution in [3.05, 3.63) is 42.5 Å². The number of amides is 1. The van der Waals surface area contributed by atoms with E-state index >= 15 is 0 Å². The Kier molecular flexibility index (Phi) is 7.47. The third kappa shape index (κ3) is 5.85. The summed E-state index contributed by atoms with van der Waals surface area (Å²) in [5.41, 5.74) is -0.318. The maximum absolute atomic E-state index is 14.5. The minimum atomic E-state index is -1.00. The summed E-state index contributed by atoms with van der Waals surface area (Å²) >= 11 is 0. The number of fused-ring (bicyclic) bond motifs is 1. The highest BCUT2D eigenvalue weighted by molar-refractivity contribution is 5.99. The van der Waals surface area contributed by atoms with Gasteiger partial charge in [-0.25, -0.2) is 19.3 Å². The number of hydrogen-bond acceptors (Lipinski definition) is 10. The molecule has 0 radical (unpaired) electrons. The molecule has 0 saturated carbocycles. The Hall–Kier alpha value is -4.06. The number of pyridine rings is 2. The summed E-state index contributed by atoms with van der Waals surface area (Å²) in [6.07, 6.45) is 5.05. The Balaban J connectivity index is 1.23. The van der Waals surface area contributed by atoms with Crippen LogP contribution >= 0.6 is 0 Å². The van der Waals surface area contributed by atoms with Crippen LogP contribution in [0.5, 0.6) is 5.75 Å². The summed E-state index contributed by atoms with van der Waals surface area (Å²) in [7, 11) is 0. The van der Waals surface area contributed by atoms with E-state index in [4.69, 9.17) is 4.74 Å². The number of rotatable bonds is 8. The molecular formula is C27H34FN9O2. The Morgan fingerprint density at radius 2 is 1.85 bits per heavy atom. The van der Waals surface area contributed by atoms with Gasteiger partial charge in [0.15, 0.2) is 28.8 Å². The number of carbonyl (C=O) groups excluding carboxylic acids is 1. The van der Waals surface area contributed by atoms with Crippen LogP contribution in [0.2, 0.25) is 0 Å². The molecular weight excluding hydrogens is 501 g/mol. The van der Waals surface area contributed by atoms with Gasteiger partial charge in [0.2, 0.25) is 5.95 Å². The van der Waals surface area contributed by atoms with Crippen molar-refractivity contribution < 1.29 is 13.9 Å². The molecule has 206 valence electrons. The standard InChI is InChI=1S/C27H34FN9O2/c1-5-36(6-2)18-11-13-37(14-12-18)22-10-7-17(15-29-22)31-26-30-16-19(28)23(35-26)32-21-9-8-20-24(33-21)34-25(38)27(3,4)39-20/h7-10,15-16,18H,5-6,11-14H2,1-4H3,(H3,30,31,32,33,34,35,38). The molecule has 3 aromatic heterocycles. The Bertz CT molecular complexity index is 1320. The third-order valence-corrected chi connectivity index (χ3v) is 7.11. The van der Waals surface area contributed by atoms with E-state index in [1.165, 1.54) is 0 Å². The number of nitrogens with zero attached hydrogens (tertiary/aromatic N) is 6. The molecule has 0 unspecified atom stereocenters. The van der Waals surface area contributed by atoms with E-state index in [0.717, 1.165) is 51.0 Å². The van der Waals surface area contributed by atoms with Crippen molar-refractivity contribution in [1.82, 2.24) is 24.8 Å². The summed E-state index contributed by atoms with van der Waals surface area (Å²) < 4.78 is 20.2. The Labute approximate surface area is 227 Å². The van der Waals surface area contributed by atoms with Crippen LogP contribution in [0.4, 0.5) is 39.3 Å². The molecule has 2 aliphatic heterocycles. The second kappa shape index (κ2) is 11.0. The minimum absolute atomic E-state index is 0.0658. The fourth-order valence-corrected chi connectivity index (χ4v) is 4.88. The molecule has 3 aromatic rings. The summed E-state index contributed by atoms with van der Waals surface area (Å²) in [5.74, 6) is 1.07. The number of hydrogen-bond donors (Lipinski definition) is 3. The maximum Gasteiger partial charge on any atom is 0.269 e. The highest BCUT2D eigenvalue weighted by Crippen LogP contribution is 2.33. The van der Waals surface area contributed by atoms with E-state index < -0.39 is 11.4 Å². The summed E-state index contributed by atoms with van der Waals surface area (Å²) in [5, 5.41) is 8.63. The van der Waals surface area contributed by atoms with E-state index in [1.807, 2.05) is 12.1 Å². The molecule has 0 aliphatic carbocycles. The molecule has 39 heavy (non-hydrogen) atoms. The van der Waals surface area contributed by atoms with Crippen LogP contribution in [0.25, 0.3) is 0 Å².